The molecule has 0 heterocycles. The van der Waals surface area contributed by atoms with Crippen molar-refractivity contribution in [3.05, 3.63) is 32.8 Å². The first-order chi connectivity index (χ1) is 6.43. The quantitative estimate of drug-likeness (QED) is 0.484. The van der Waals surface area contributed by atoms with Crippen LogP contribution in [0.15, 0.2) is 17.0 Å². The standard InChI is InChI=1S/C7H6ClNO4S/c1-4-2-6(9(10)11)5(8)3-7(4)14(12)13/h2-3H,1H3,(H,12,13). The fraction of sp³-hybridized carbons (Fsp3) is 0.143. The van der Waals surface area contributed by atoms with E-state index < -0.39 is 16.0 Å². The first-order valence-electron chi connectivity index (χ1n) is 3.49. The lowest BCUT2D eigenvalue weighted by molar-refractivity contribution is -0.384. The zero-order valence-electron chi connectivity index (χ0n) is 7.06. The summed E-state index contributed by atoms with van der Waals surface area (Å²) >= 11 is 3.37. The maximum atomic E-state index is 10.7. The van der Waals surface area contributed by atoms with Crippen molar-refractivity contribution in [2.24, 2.45) is 0 Å². The molecule has 0 aliphatic rings. The molecule has 0 fully saturated rings. The molecule has 0 saturated heterocycles. The third-order valence-electron chi connectivity index (χ3n) is 1.63. The van der Waals surface area contributed by atoms with Crippen LogP contribution in [0.2, 0.25) is 5.02 Å². The second kappa shape index (κ2) is 4.04. The van der Waals surface area contributed by atoms with Gasteiger partial charge in [0.2, 0.25) is 0 Å². The highest BCUT2D eigenvalue weighted by atomic mass is 35.5. The van der Waals surface area contributed by atoms with Gasteiger partial charge in [-0.2, -0.15) is 0 Å². The predicted molar refractivity (Wildman–Crippen MR) is 51.9 cm³/mol. The highest BCUT2D eigenvalue weighted by Gasteiger charge is 2.16. The Kier molecular flexibility index (Phi) is 3.20. The van der Waals surface area contributed by atoms with E-state index in [2.05, 4.69) is 0 Å². The molecule has 0 saturated carbocycles. The van der Waals surface area contributed by atoms with Crippen molar-refractivity contribution in [3.8, 4) is 0 Å². The van der Waals surface area contributed by atoms with E-state index >= 15 is 0 Å². The number of nitrogens with zero attached hydrogens (tertiary/aromatic N) is 1. The SMILES string of the molecule is Cc1cc([N+](=O)[O-])c(Cl)cc1S(=O)O. The van der Waals surface area contributed by atoms with Crippen LogP contribution in [0.1, 0.15) is 5.56 Å². The molecule has 1 rings (SSSR count). The smallest absolute Gasteiger partial charge is 0.288 e. The highest BCUT2D eigenvalue weighted by molar-refractivity contribution is 7.79. The van der Waals surface area contributed by atoms with Gasteiger partial charge < -0.3 is 4.55 Å². The van der Waals surface area contributed by atoms with Gasteiger partial charge in [-0.25, -0.2) is 4.21 Å². The third kappa shape index (κ3) is 2.09. The van der Waals surface area contributed by atoms with Gasteiger partial charge in [0.05, 0.1) is 9.82 Å². The predicted octanol–water partition coefficient (Wildman–Crippen LogP) is 2.14. The van der Waals surface area contributed by atoms with Gasteiger partial charge in [0.1, 0.15) is 5.02 Å². The average molecular weight is 236 g/mol. The second-order valence-corrected chi connectivity index (χ2v) is 3.92. The van der Waals surface area contributed by atoms with E-state index in [0.29, 0.717) is 5.56 Å². The number of halogens is 1. The summed E-state index contributed by atoms with van der Waals surface area (Å²) in [6.45, 7) is 1.51. The van der Waals surface area contributed by atoms with E-state index in [9.17, 15) is 14.3 Å². The molecule has 0 aliphatic carbocycles. The number of nitro benzene ring substituents is 1. The van der Waals surface area contributed by atoms with Crippen LogP contribution in [0.3, 0.4) is 0 Å². The van der Waals surface area contributed by atoms with E-state index in [4.69, 9.17) is 16.2 Å². The molecule has 7 heteroatoms. The van der Waals surface area contributed by atoms with Crippen LogP contribution in [-0.4, -0.2) is 13.7 Å². The van der Waals surface area contributed by atoms with Crippen LogP contribution in [0.4, 0.5) is 5.69 Å². The van der Waals surface area contributed by atoms with E-state index in [1.54, 1.807) is 0 Å². The minimum absolute atomic E-state index is 0.0839. The molecular weight excluding hydrogens is 230 g/mol. The summed E-state index contributed by atoms with van der Waals surface area (Å²) in [7, 11) is 0. The van der Waals surface area contributed by atoms with Crippen molar-refractivity contribution in [1.82, 2.24) is 0 Å². The minimum atomic E-state index is -2.18. The monoisotopic (exact) mass is 235 g/mol. The van der Waals surface area contributed by atoms with Gasteiger partial charge in [0.25, 0.3) is 5.69 Å². The summed E-state index contributed by atoms with van der Waals surface area (Å²) < 4.78 is 19.5. The molecule has 5 nitrogen and oxygen atoms in total. The molecule has 1 aromatic rings. The second-order valence-electron chi connectivity index (χ2n) is 2.58. The number of hydrogen-bond donors (Lipinski definition) is 1. The molecule has 0 spiro atoms. The Hall–Kier alpha value is -0.980. The molecule has 0 radical (unpaired) electrons. The molecule has 0 aromatic heterocycles. The molecule has 14 heavy (non-hydrogen) atoms. The normalized spacial score (nSPS) is 12.5. The van der Waals surface area contributed by atoms with Gasteiger partial charge in [-0.15, -0.1) is 0 Å². The molecule has 1 aromatic carbocycles. The van der Waals surface area contributed by atoms with Crippen LogP contribution in [0.5, 0.6) is 0 Å². The van der Waals surface area contributed by atoms with E-state index in [1.807, 2.05) is 0 Å². The molecule has 1 atom stereocenters. The molecule has 76 valence electrons. The zero-order valence-corrected chi connectivity index (χ0v) is 8.63. The van der Waals surface area contributed by atoms with Crippen molar-refractivity contribution < 1.29 is 13.7 Å². The first kappa shape index (κ1) is 11.1. The Bertz CT molecular complexity index is 381. The summed E-state index contributed by atoms with van der Waals surface area (Å²) in [6.07, 6.45) is 0. The van der Waals surface area contributed by atoms with Gasteiger partial charge in [0, 0.05) is 6.07 Å². The van der Waals surface area contributed by atoms with Crippen LogP contribution < -0.4 is 0 Å². The zero-order chi connectivity index (χ0) is 10.9. The van der Waals surface area contributed by atoms with Gasteiger partial charge in [0.15, 0.2) is 11.1 Å². The van der Waals surface area contributed by atoms with Crippen LogP contribution in [0.25, 0.3) is 0 Å². The van der Waals surface area contributed by atoms with Crippen molar-refractivity contribution in [2.45, 2.75) is 11.8 Å². The van der Waals surface area contributed by atoms with E-state index in [0.717, 1.165) is 6.07 Å². The molecule has 0 amide bonds. The molecular formula is C7H6ClNO4S. The maximum absolute atomic E-state index is 10.7. The van der Waals surface area contributed by atoms with Gasteiger partial charge in [-0.05, 0) is 18.6 Å². The molecule has 0 aliphatic heterocycles. The number of nitro groups is 1. The summed E-state index contributed by atoms with van der Waals surface area (Å²) in [5.74, 6) is 0. The molecule has 0 bridgehead atoms. The van der Waals surface area contributed by atoms with Crippen molar-refractivity contribution in [1.29, 1.82) is 0 Å². The van der Waals surface area contributed by atoms with Crippen LogP contribution in [0, 0.1) is 17.0 Å². The lowest BCUT2D eigenvalue weighted by Crippen LogP contribution is -1.96. The van der Waals surface area contributed by atoms with E-state index in [1.165, 1.54) is 13.0 Å². The lowest BCUT2D eigenvalue weighted by Gasteiger charge is -2.02. The lowest BCUT2D eigenvalue weighted by atomic mass is 10.2. The number of benzene rings is 1. The van der Waals surface area contributed by atoms with Crippen LogP contribution in [-0.2, 0) is 11.1 Å². The highest BCUT2D eigenvalue weighted by Crippen LogP contribution is 2.28. The first-order valence-corrected chi connectivity index (χ1v) is 4.97. The Morgan fingerprint density at radius 1 is 1.57 bits per heavy atom. The maximum Gasteiger partial charge on any atom is 0.288 e. The summed E-state index contributed by atoms with van der Waals surface area (Å²) in [5.41, 5.74) is 0.0975. The summed E-state index contributed by atoms with van der Waals surface area (Å²) in [4.78, 5) is 9.88. The Labute approximate surface area is 87.1 Å². The molecule has 1 N–H and O–H groups in total. The third-order valence-corrected chi connectivity index (χ3v) is 2.75. The fourth-order valence-corrected chi connectivity index (χ4v) is 1.83. The fourth-order valence-electron chi connectivity index (χ4n) is 0.976. The number of rotatable bonds is 2. The number of hydrogen-bond acceptors (Lipinski definition) is 3. The largest absolute Gasteiger partial charge is 0.302 e. The summed E-state index contributed by atoms with van der Waals surface area (Å²) in [5, 5.41) is 10.3. The van der Waals surface area contributed by atoms with Crippen LogP contribution >= 0.6 is 11.6 Å². The topological polar surface area (TPSA) is 80.4 Å². The Balaban J connectivity index is 3.38. The van der Waals surface area contributed by atoms with Crippen molar-refractivity contribution in [2.75, 3.05) is 0 Å². The minimum Gasteiger partial charge on any atom is -0.302 e. The van der Waals surface area contributed by atoms with Gasteiger partial charge >= 0.3 is 0 Å². The van der Waals surface area contributed by atoms with Gasteiger partial charge in [-0.1, -0.05) is 11.6 Å². The Morgan fingerprint density at radius 3 is 2.57 bits per heavy atom. The van der Waals surface area contributed by atoms with Crippen molar-refractivity contribution in [3.63, 3.8) is 0 Å². The number of aryl methyl sites for hydroxylation is 1. The average Bonchev–Trinajstić information content (AvgIpc) is 2.07. The summed E-state index contributed by atoms with van der Waals surface area (Å²) in [6, 6.07) is 2.30. The van der Waals surface area contributed by atoms with Crippen molar-refractivity contribution >= 4 is 28.4 Å². The van der Waals surface area contributed by atoms with Gasteiger partial charge in [-0.3, -0.25) is 10.1 Å². The Morgan fingerprint density at radius 2 is 2.14 bits per heavy atom. The van der Waals surface area contributed by atoms with E-state index in [-0.39, 0.29) is 15.6 Å². The molecule has 1 unspecified atom stereocenters.